The Balaban J connectivity index is 1.53. The summed E-state index contributed by atoms with van der Waals surface area (Å²) in [5, 5.41) is 8.51. The third-order valence-electron chi connectivity index (χ3n) is 5.14. The maximum absolute atomic E-state index is 12.9. The van der Waals surface area contributed by atoms with Crippen LogP contribution in [0, 0.1) is 6.92 Å². The Morgan fingerprint density at radius 3 is 2.69 bits per heavy atom. The van der Waals surface area contributed by atoms with Crippen molar-refractivity contribution < 1.29 is 18.9 Å². The van der Waals surface area contributed by atoms with Gasteiger partial charge in [-0.3, -0.25) is 4.98 Å². The summed E-state index contributed by atoms with van der Waals surface area (Å²) >= 11 is 7.88. The zero-order valence-corrected chi connectivity index (χ0v) is 20.9. The zero-order valence-electron chi connectivity index (χ0n) is 19.3. The molecule has 0 amide bonds. The molecule has 2 heterocycles. The number of hydrogen-bond acceptors (Lipinski definition) is 8. The number of pyridine rings is 1. The summed E-state index contributed by atoms with van der Waals surface area (Å²) in [6.07, 6.45) is 1.77. The van der Waals surface area contributed by atoms with E-state index in [9.17, 15) is 4.79 Å². The van der Waals surface area contributed by atoms with Gasteiger partial charge in [-0.1, -0.05) is 46.2 Å². The van der Waals surface area contributed by atoms with Crippen molar-refractivity contribution in [2.24, 2.45) is 5.16 Å². The lowest BCUT2D eigenvalue weighted by Crippen LogP contribution is -2.06. The molecule has 0 saturated heterocycles. The molecule has 0 bridgehead atoms. The minimum atomic E-state index is -0.684. The van der Waals surface area contributed by atoms with Crippen molar-refractivity contribution in [3.8, 4) is 17.0 Å². The van der Waals surface area contributed by atoms with Crippen LogP contribution in [0.3, 0.4) is 0 Å². The van der Waals surface area contributed by atoms with E-state index in [4.69, 9.17) is 25.7 Å². The zero-order chi connectivity index (χ0) is 24.8. The Morgan fingerprint density at radius 2 is 1.94 bits per heavy atom. The number of carbonyl (C=O) groups is 1. The number of rotatable bonds is 8. The quantitative estimate of drug-likeness (QED) is 0.115. The minimum Gasteiger partial charge on any atom is -0.496 e. The Bertz CT molecular complexity index is 1370. The highest BCUT2D eigenvalue weighted by molar-refractivity contribution is 7.98. The number of halogens is 1. The van der Waals surface area contributed by atoms with E-state index < -0.39 is 5.97 Å². The van der Waals surface area contributed by atoms with Crippen molar-refractivity contribution in [1.82, 2.24) is 10.1 Å². The second-order valence-electron chi connectivity index (χ2n) is 7.47. The van der Waals surface area contributed by atoms with E-state index in [0.717, 1.165) is 21.9 Å². The molecule has 0 spiro atoms. The molecule has 0 radical (unpaired) electrons. The number of ether oxygens (including phenoxy) is 1. The summed E-state index contributed by atoms with van der Waals surface area (Å²) < 4.78 is 10.7. The van der Waals surface area contributed by atoms with E-state index in [-0.39, 0.29) is 5.56 Å². The van der Waals surface area contributed by atoms with E-state index in [1.807, 2.05) is 36.4 Å². The molecule has 7 nitrogen and oxygen atoms in total. The fourth-order valence-corrected chi connectivity index (χ4v) is 4.51. The number of oxime groups is 1. The fourth-order valence-electron chi connectivity index (χ4n) is 3.31. The Labute approximate surface area is 212 Å². The number of aryl methyl sites for hydroxylation is 1. The molecule has 0 fully saturated rings. The first-order valence-corrected chi connectivity index (χ1v) is 12.0. The van der Waals surface area contributed by atoms with Gasteiger partial charge < -0.3 is 14.1 Å². The van der Waals surface area contributed by atoms with Crippen LogP contribution in [0.15, 0.2) is 81.4 Å². The number of nitrogens with zero attached hydrogens (tertiary/aromatic N) is 3. The predicted molar refractivity (Wildman–Crippen MR) is 136 cm³/mol. The summed E-state index contributed by atoms with van der Waals surface area (Å²) in [5.41, 5.74) is 3.33. The van der Waals surface area contributed by atoms with Crippen molar-refractivity contribution in [1.29, 1.82) is 0 Å². The second-order valence-corrected chi connectivity index (χ2v) is 8.90. The SMILES string of the molecule is COc1ccc(/C(C)=N/OC(=O)c2c(-c3ccccc3Cl)noc2C)cc1SCc1ccccn1. The molecule has 0 N–H and O–H groups in total. The Hall–Kier alpha value is -3.62. The third-order valence-corrected chi connectivity index (χ3v) is 6.54. The van der Waals surface area contributed by atoms with Crippen LogP contribution in [0.2, 0.25) is 5.02 Å². The summed E-state index contributed by atoms with van der Waals surface area (Å²) in [5.74, 6) is 1.05. The average Bonchev–Trinajstić information content (AvgIpc) is 3.27. The smallest absolute Gasteiger partial charge is 0.371 e. The topological polar surface area (TPSA) is 86.8 Å². The molecule has 0 aliphatic rings. The Morgan fingerprint density at radius 1 is 1.14 bits per heavy atom. The number of methoxy groups -OCH3 is 1. The molecule has 4 aromatic rings. The predicted octanol–water partition coefficient (Wildman–Crippen LogP) is 6.58. The van der Waals surface area contributed by atoms with Crippen LogP contribution in [0.4, 0.5) is 0 Å². The highest BCUT2D eigenvalue weighted by Crippen LogP contribution is 2.33. The van der Waals surface area contributed by atoms with Crippen LogP contribution < -0.4 is 4.74 Å². The van der Waals surface area contributed by atoms with Gasteiger partial charge in [-0.25, -0.2) is 4.79 Å². The molecule has 0 atom stereocenters. The normalized spacial score (nSPS) is 11.4. The second kappa shape index (κ2) is 11.2. The first-order valence-electron chi connectivity index (χ1n) is 10.7. The fraction of sp³-hybridized carbons (Fsp3) is 0.154. The average molecular weight is 508 g/mol. The molecule has 0 aliphatic heterocycles. The first kappa shape index (κ1) is 24.5. The minimum absolute atomic E-state index is 0.177. The number of aromatic nitrogens is 2. The van der Waals surface area contributed by atoms with Crippen LogP contribution >= 0.6 is 23.4 Å². The lowest BCUT2D eigenvalue weighted by molar-refractivity contribution is 0.0515. The van der Waals surface area contributed by atoms with Gasteiger partial charge in [0.1, 0.15) is 22.8 Å². The summed E-state index contributed by atoms with van der Waals surface area (Å²) in [4.78, 5) is 23.4. The molecule has 9 heteroatoms. The van der Waals surface area contributed by atoms with Crippen LogP contribution in [0.5, 0.6) is 5.75 Å². The van der Waals surface area contributed by atoms with Gasteiger partial charge in [0.15, 0.2) is 0 Å². The van der Waals surface area contributed by atoms with E-state index >= 15 is 0 Å². The van der Waals surface area contributed by atoms with Crippen molar-refractivity contribution >= 4 is 35.0 Å². The molecule has 0 unspecified atom stereocenters. The molecule has 4 rings (SSSR count). The number of hydrogen-bond donors (Lipinski definition) is 0. The van der Waals surface area contributed by atoms with Gasteiger partial charge in [-0.2, -0.15) is 0 Å². The van der Waals surface area contributed by atoms with Gasteiger partial charge in [0.05, 0.1) is 28.4 Å². The van der Waals surface area contributed by atoms with Crippen LogP contribution in [-0.2, 0) is 10.6 Å². The highest BCUT2D eigenvalue weighted by atomic mass is 35.5. The summed E-state index contributed by atoms with van der Waals surface area (Å²) in [6.45, 7) is 3.40. The Kier molecular flexibility index (Phi) is 7.84. The number of carbonyl (C=O) groups excluding carboxylic acids is 1. The van der Waals surface area contributed by atoms with Crippen molar-refractivity contribution in [2.45, 2.75) is 24.5 Å². The molecular weight excluding hydrogens is 486 g/mol. The molecule has 35 heavy (non-hydrogen) atoms. The van der Waals surface area contributed by atoms with Gasteiger partial charge in [0.25, 0.3) is 0 Å². The first-order chi connectivity index (χ1) is 17.0. The van der Waals surface area contributed by atoms with Crippen molar-refractivity contribution in [3.63, 3.8) is 0 Å². The van der Waals surface area contributed by atoms with Crippen LogP contribution in [-0.4, -0.2) is 28.9 Å². The molecular formula is C26H22ClN3O4S. The summed E-state index contributed by atoms with van der Waals surface area (Å²) in [7, 11) is 1.63. The van der Waals surface area contributed by atoms with E-state index in [1.165, 1.54) is 0 Å². The lowest BCUT2D eigenvalue weighted by Gasteiger charge is -2.10. The van der Waals surface area contributed by atoms with Gasteiger partial charge in [0.2, 0.25) is 0 Å². The molecule has 2 aromatic heterocycles. The van der Waals surface area contributed by atoms with Crippen LogP contribution in [0.1, 0.15) is 34.3 Å². The molecule has 178 valence electrons. The number of benzene rings is 2. The van der Waals surface area contributed by atoms with E-state index in [0.29, 0.717) is 33.5 Å². The number of thioether (sulfide) groups is 1. The summed E-state index contributed by atoms with van der Waals surface area (Å²) in [6, 6.07) is 18.5. The van der Waals surface area contributed by atoms with Crippen molar-refractivity contribution in [2.75, 3.05) is 7.11 Å². The molecule has 0 aliphatic carbocycles. The highest BCUT2D eigenvalue weighted by Gasteiger charge is 2.25. The van der Waals surface area contributed by atoms with Crippen molar-refractivity contribution in [3.05, 3.63) is 94.5 Å². The monoisotopic (exact) mass is 507 g/mol. The van der Waals surface area contributed by atoms with E-state index in [1.54, 1.807) is 63.2 Å². The molecule has 0 saturated carbocycles. The van der Waals surface area contributed by atoms with Gasteiger partial charge in [-0.05, 0) is 50.2 Å². The maximum Gasteiger partial charge on any atom is 0.371 e. The van der Waals surface area contributed by atoms with Crippen LogP contribution in [0.25, 0.3) is 11.3 Å². The van der Waals surface area contributed by atoms with Gasteiger partial charge >= 0.3 is 5.97 Å². The van der Waals surface area contributed by atoms with Gasteiger partial charge in [-0.15, -0.1) is 11.8 Å². The largest absolute Gasteiger partial charge is 0.496 e. The standard InChI is InChI=1S/C26H22ClN3O4S/c1-16(18-11-12-22(32-3)23(14-18)35-15-19-8-6-7-13-28-19)29-34-26(31)24-17(2)33-30-25(24)20-9-4-5-10-21(20)27/h4-14H,15H2,1-3H3/b29-16+. The molecule has 2 aromatic carbocycles. The lowest BCUT2D eigenvalue weighted by atomic mass is 10.1. The third kappa shape index (κ3) is 5.72. The van der Waals surface area contributed by atoms with E-state index in [2.05, 4.69) is 15.3 Å². The maximum atomic E-state index is 12.9. The van der Waals surface area contributed by atoms with Gasteiger partial charge in [0, 0.05) is 23.1 Å².